The number of alkyl halides is 3. The average molecular weight is 378 g/mol. The number of nitrogens with one attached hydrogen (secondary N) is 2. The highest BCUT2D eigenvalue weighted by atomic mass is 32.2. The van der Waals surface area contributed by atoms with Crippen molar-refractivity contribution < 1.29 is 26.4 Å². The summed E-state index contributed by atoms with van der Waals surface area (Å²) in [6, 6.07) is 4.50. The first-order valence-corrected chi connectivity index (χ1v) is 9.67. The number of hydrogen-bond donors (Lipinski definition) is 2. The van der Waals surface area contributed by atoms with E-state index in [0.717, 1.165) is 50.7 Å². The fourth-order valence-electron chi connectivity index (χ4n) is 2.78. The zero-order valence-electron chi connectivity index (χ0n) is 13.6. The van der Waals surface area contributed by atoms with Gasteiger partial charge in [0.25, 0.3) is 0 Å². The molecule has 0 saturated heterocycles. The highest BCUT2D eigenvalue weighted by Gasteiger charge is 2.38. The summed E-state index contributed by atoms with van der Waals surface area (Å²) in [6.45, 7) is 0. The molecule has 1 aliphatic carbocycles. The number of halogens is 3. The van der Waals surface area contributed by atoms with Crippen LogP contribution >= 0.6 is 0 Å². The Balaban J connectivity index is 2.03. The van der Waals surface area contributed by atoms with E-state index >= 15 is 0 Å². The predicted octanol–water partition coefficient (Wildman–Crippen LogP) is 3.58. The van der Waals surface area contributed by atoms with Crippen LogP contribution in [0.15, 0.2) is 29.2 Å². The van der Waals surface area contributed by atoms with Gasteiger partial charge in [0.2, 0.25) is 10.0 Å². The number of carbonyl (C=O) groups excluding carboxylic acids is 1. The molecule has 1 amide bonds. The van der Waals surface area contributed by atoms with Crippen molar-refractivity contribution in [2.24, 2.45) is 0 Å². The third-order valence-electron chi connectivity index (χ3n) is 4.11. The first-order chi connectivity index (χ1) is 11.7. The highest BCUT2D eigenvalue weighted by molar-refractivity contribution is 7.89. The zero-order valence-corrected chi connectivity index (χ0v) is 14.4. The number of carbonyl (C=O) groups is 1. The van der Waals surface area contributed by atoms with Crippen LogP contribution in [-0.4, -0.2) is 26.5 Å². The Morgan fingerprint density at radius 3 is 2.00 bits per heavy atom. The molecule has 25 heavy (non-hydrogen) atoms. The number of benzene rings is 1. The van der Waals surface area contributed by atoms with E-state index < -0.39 is 22.1 Å². The van der Waals surface area contributed by atoms with Crippen molar-refractivity contribution in [3.8, 4) is 0 Å². The molecule has 9 heteroatoms. The lowest BCUT2D eigenvalue weighted by atomic mass is 9.97. The van der Waals surface area contributed by atoms with Gasteiger partial charge in [-0.15, -0.1) is 0 Å². The lowest BCUT2D eigenvalue weighted by molar-refractivity contribution is -0.167. The van der Waals surface area contributed by atoms with Crippen molar-refractivity contribution in [3.63, 3.8) is 0 Å². The Hall–Kier alpha value is -1.61. The topological polar surface area (TPSA) is 75.3 Å². The van der Waals surface area contributed by atoms with Crippen LogP contribution in [0.25, 0.3) is 0 Å². The molecule has 1 saturated carbocycles. The molecule has 5 nitrogen and oxygen atoms in total. The van der Waals surface area contributed by atoms with E-state index in [-0.39, 0.29) is 16.6 Å². The van der Waals surface area contributed by atoms with Crippen LogP contribution in [0.3, 0.4) is 0 Å². The molecule has 0 bridgehead atoms. The molecule has 0 unspecified atom stereocenters. The fraction of sp³-hybridized carbons (Fsp3) is 0.562. The van der Waals surface area contributed by atoms with Gasteiger partial charge in [0.1, 0.15) is 0 Å². The second-order valence-corrected chi connectivity index (χ2v) is 7.85. The van der Waals surface area contributed by atoms with Crippen LogP contribution < -0.4 is 10.0 Å². The normalized spacial score (nSPS) is 17.6. The average Bonchev–Trinajstić information content (AvgIpc) is 2.49. The maximum atomic E-state index is 12.4. The van der Waals surface area contributed by atoms with Crippen molar-refractivity contribution >= 4 is 21.6 Å². The van der Waals surface area contributed by atoms with Crippen molar-refractivity contribution in [2.45, 2.75) is 62.1 Å². The van der Waals surface area contributed by atoms with E-state index in [1.54, 1.807) is 5.32 Å². The molecule has 0 radical (unpaired) electrons. The van der Waals surface area contributed by atoms with Gasteiger partial charge in [0.05, 0.1) is 4.90 Å². The molecule has 1 aliphatic rings. The lowest BCUT2D eigenvalue weighted by Crippen LogP contribution is -2.35. The first-order valence-electron chi connectivity index (χ1n) is 8.19. The summed E-state index contributed by atoms with van der Waals surface area (Å²) in [5.41, 5.74) is -0.118. The quantitative estimate of drug-likeness (QED) is 0.841. The summed E-state index contributed by atoms with van der Waals surface area (Å²) < 4.78 is 64.1. The standard InChI is InChI=1S/C16H21F3N2O3S/c17-16(18,19)15(22)20-12-8-10-14(11-9-12)25(23,24)21-13-6-4-2-1-3-5-7-13/h8-11,13,21H,1-7H2,(H,20,22). The number of hydrogen-bond acceptors (Lipinski definition) is 3. The van der Waals surface area contributed by atoms with E-state index in [1.165, 1.54) is 18.6 Å². The Morgan fingerprint density at radius 2 is 1.48 bits per heavy atom. The van der Waals surface area contributed by atoms with Gasteiger partial charge in [-0.2, -0.15) is 13.2 Å². The van der Waals surface area contributed by atoms with E-state index in [1.807, 2.05) is 0 Å². The number of amides is 1. The zero-order chi connectivity index (χ0) is 18.5. The van der Waals surface area contributed by atoms with E-state index in [0.29, 0.717) is 0 Å². The predicted molar refractivity (Wildman–Crippen MR) is 87.6 cm³/mol. The molecule has 2 N–H and O–H groups in total. The molecular formula is C16H21F3N2O3S. The Morgan fingerprint density at radius 1 is 0.960 bits per heavy atom. The van der Waals surface area contributed by atoms with Crippen molar-refractivity contribution in [2.75, 3.05) is 5.32 Å². The minimum Gasteiger partial charge on any atom is -0.318 e. The first kappa shape index (κ1) is 19.7. The van der Waals surface area contributed by atoms with Gasteiger partial charge in [-0.25, -0.2) is 13.1 Å². The fourth-order valence-corrected chi connectivity index (χ4v) is 4.09. The number of anilines is 1. The Labute approximate surface area is 145 Å². The van der Waals surface area contributed by atoms with Crippen LogP contribution in [-0.2, 0) is 14.8 Å². The number of sulfonamides is 1. The molecule has 0 spiro atoms. The Kier molecular flexibility index (Phi) is 6.45. The third kappa shape index (κ3) is 6.00. The monoisotopic (exact) mass is 378 g/mol. The molecule has 0 atom stereocenters. The van der Waals surface area contributed by atoms with Gasteiger partial charge in [-0.3, -0.25) is 4.79 Å². The van der Waals surface area contributed by atoms with Crippen LogP contribution in [0.5, 0.6) is 0 Å². The SMILES string of the molecule is O=C(Nc1ccc(S(=O)(=O)NC2CCCCCCC2)cc1)C(F)(F)F. The summed E-state index contributed by atoms with van der Waals surface area (Å²) in [5, 5.41) is 1.68. The number of rotatable bonds is 4. The third-order valence-corrected chi connectivity index (χ3v) is 5.64. The van der Waals surface area contributed by atoms with Crippen LogP contribution in [0, 0.1) is 0 Å². The molecule has 0 heterocycles. The Bertz CT molecular complexity index is 680. The summed E-state index contributed by atoms with van der Waals surface area (Å²) in [6.07, 6.45) is 1.84. The molecule has 0 aromatic heterocycles. The molecule has 1 aromatic rings. The summed E-state index contributed by atoms with van der Waals surface area (Å²) in [7, 11) is -3.75. The van der Waals surface area contributed by atoms with Crippen molar-refractivity contribution in [3.05, 3.63) is 24.3 Å². The maximum Gasteiger partial charge on any atom is 0.471 e. The molecule has 1 fully saturated rings. The minimum absolute atomic E-state index is 0.0421. The van der Waals surface area contributed by atoms with Gasteiger partial charge in [-0.05, 0) is 37.1 Å². The molecule has 0 aliphatic heterocycles. The van der Waals surface area contributed by atoms with Crippen molar-refractivity contribution in [1.29, 1.82) is 0 Å². The van der Waals surface area contributed by atoms with E-state index in [2.05, 4.69) is 4.72 Å². The second-order valence-electron chi connectivity index (χ2n) is 6.14. The maximum absolute atomic E-state index is 12.4. The van der Waals surface area contributed by atoms with Gasteiger partial charge in [-0.1, -0.05) is 32.1 Å². The summed E-state index contributed by atoms with van der Waals surface area (Å²) in [4.78, 5) is 10.8. The molecule has 140 valence electrons. The van der Waals surface area contributed by atoms with Gasteiger partial charge >= 0.3 is 12.1 Å². The van der Waals surface area contributed by atoms with Crippen LogP contribution in [0.4, 0.5) is 18.9 Å². The summed E-state index contributed by atoms with van der Waals surface area (Å²) >= 11 is 0. The second kappa shape index (κ2) is 8.18. The molecule has 2 rings (SSSR count). The van der Waals surface area contributed by atoms with E-state index in [9.17, 15) is 26.4 Å². The molecular weight excluding hydrogens is 357 g/mol. The largest absolute Gasteiger partial charge is 0.471 e. The highest BCUT2D eigenvalue weighted by Crippen LogP contribution is 2.22. The minimum atomic E-state index is -5.00. The van der Waals surface area contributed by atoms with Crippen LogP contribution in [0.1, 0.15) is 44.9 Å². The lowest BCUT2D eigenvalue weighted by Gasteiger charge is -2.21. The van der Waals surface area contributed by atoms with Gasteiger partial charge in [0, 0.05) is 11.7 Å². The van der Waals surface area contributed by atoms with Crippen LogP contribution in [0.2, 0.25) is 0 Å². The van der Waals surface area contributed by atoms with Crippen molar-refractivity contribution in [1.82, 2.24) is 4.72 Å². The van der Waals surface area contributed by atoms with Gasteiger partial charge in [0.15, 0.2) is 0 Å². The van der Waals surface area contributed by atoms with Gasteiger partial charge < -0.3 is 5.32 Å². The van der Waals surface area contributed by atoms with E-state index in [4.69, 9.17) is 0 Å². The molecule has 1 aromatic carbocycles. The summed E-state index contributed by atoms with van der Waals surface area (Å²) in [5.74, 6) is -2.10. The smallest absolute Gasteiger partial charge is 0.318 e.